The second-order valence-electron chi connectivity index (χ2n) is 3.51. The first kappa shape index (κ1) is 10.6. The van der Waals surface area contributed by atoms with Crippen LogP contribution < -0.4 is 5.73 Å². The first-order valence-corrected chi connectivity index (χ1v) is 4.95. The molecule has 84 valence electrons. The monoisotopic (exact) mass is 219 g/mol. The Hall–Kier alpha value is -1.88. The van der Waals surface area contributed by atoms with Crippen molar-refractivity contribution in [3.8, 4) is 0 Å². The number of methoxy groups -OCH3 is 1. The number of hydrogen-bond donors (Lipinski definition) is 1. The van der Waals surface area contributed by atoms with E-state index >= 15 is 0 Å². The highest BCUT2D eigenvalue weighted by atomic mass is 16.5. The molecule has 0 bridgehead atoms. The van der Waals surface area contributed by atoms with Gasteiger partial charge in [0.25, 0.3) is 0 Å². The highest BCUT2D eigenvalue weighted by Gasteiger charge is 2.15. The average molecular weight is 219 g/mol. The number of rotatable bonds is 3. The van der Waals surface area contributed by atoms with Crippen LogP contribution in [-0.4, -0.2) is 28.7 Å². The third-order valence-corrected chi connectivity index (χ3v) is 2.42. The average Bonchev–Trinajstić information content (AvgIpc) is 2.72. The van der Waals surface area contributed by atoms with Crippen molar-refractivity contribution < 1.29 is 9.53 Å². The zero-order valence-corrected chi connectivity index (χ0v) is 8.96. The summed E-state index contributed by atoms with van der Waals surface area (Å²) in [6.45, 7) is 0.368. The van der Waals surface area contributed by atoms with Crippen LogP contribution in [0.25, 0.3) is 11.0 Å². The molecule has 0 fully saturated rings. The zero-order chi connectivity index (χ0) is 11.5. The fourth-order valence-corrected chi connectivity index (χ4v) is 1.61. The largest absolute Gasteiger partial charge is 0.468 e. The maximum atomic E-state index is 11.2. The number of pyridine rings is 1. The van der Waals surface area contributed by atoms with Crippen LogP contribution in [0.15, 0.2) is 30.6 Å². The Balaban J connectivity index is 2.24. The lowest BCUT2D eigenvalue weighted by molar-refractivity contribution is -0.142. The summed E-state index contributed by atoms with van der Waals surface area (Å²) in [7, 11) is 1.33. The van der Waals surface area contributed by atoms with Crippen molar-refractivity contribution in [3.05, 3.63) is 30.6 Å². The molecule has 1 atom stereocenters. The van der Waals surface area contributed by atoms with E-state index in [1.807, 2.05) is 29.0 Å². The molecule has 0 saturated carbocycles. The maximum Gasteiger partial charge on any atom is 0.324 e. The van der Waals surface area contributed by atoms with Crippen LogP contribution in [0.1, 0.15) is 0 Å². The third kappa shape index (κ3) is 1.90. The minimum atomic E-state index is -0.664. The Labute approximate surface area is 92.8 Å². The minimum absolute atomic E-state index is 0.368. The van der Waals surface area contributed by atoms with Crippen molar-refractivity contribution in [3.63, 3.8) is 0 Å². The van der Waals surface area contributed by atoms with Crippen LogP contribution in [0.4, 0.5) is 0 Å². The Morgan fingerprint density at radius 3 is 3.19 bits per heavy atom. The van der Waals surface area contributed by atoms with Crippen molar-refractivity contribution in [2.45, 2.75) is 12.6 Å². The van der Waals surface area contributed by atoms with Crippen LogP contribution in [-0.2, 0) is 16.1 Å². The zero-order valence-electron chi connectivity index (χ0n) is 8.96. The molecule has 0 aliphatic rings. The summed E-state index contributed by atoms with van der Waals surface area (Å²) in [6, 6.07) is 5.10. The molecule has 2 aromatic rings. The van der Waals surface area contributed by atoms with Gasteiger partial charge in [0.2, 0.25) is 0 Å². The number of carbonyl (C=O) groups is 1. The Bertz CT molecular complexity index is 507. The van der Waals surface area contributed by atoms with Gasteiger partial charge in [0.1, 0.15) is 11.7 Å². The van der Waals surface area contributed by atoms with Gasteiger partial charge >= 0.3 is 5.97 Å². The van der Waals surface area contributed by atoms with Gasteiger partial charge in [-0.05, 0) is 18.2 Å². The van der Waals surface area contributed by atoms with Crippen molar-refractivity contribution in [1.29, 1.82) is 0 Å². The van der Waals surface area contributed by atoms with Crippen LogP contribution in [0.3, 0.4) is 0 Å². The predicted octanol–water partition coefficient (Wildman–Crippen LogP) is 0.537. The van der Waals surface area contributed by atoms with Crippen molar-refractivity contribution in [1.82, 2.24) is 9.55 Å². The number of esters is 1. The molecule has 0 spiro atoms. The van der Waals surface area contributed by atoms with E-state index in [0.29, 0.717) is 6.54 Å². The number of aromatic nitrogens is 2. The predicted molar refractivity (Wildman–Crippen MR) is 59.7 cm³/mol. The van der Waals surface area contributed by atoms with Crippen LogP contribution in [0.2, 0.25) is 0 Å². The highest BCUT2D eigenvalue weighted by molar-refractivity contribution is 5.77. The molecule has 0 saturated heterocycles. The second-order valence-corrected chi connectivity index (χ2v) is 3.51. The van der Waals surface area contributed by atoms with E-state index < -0.39 is 12.0 Å². The maximum absolute atomic E-state index is 11.2. The van der Waals surface area contributed by atoms with Gasteiger partial charge in [0, 0.05) is 24.3 Å². The molecule has 0 radical (unpaired) electrons. The third-order valence-electron chi connectivity index (χ3n) is 2.42. The summed E-state index contributed by atoms with van der Waals surface area (Å²) in [6.07, 6.45) is 3.57. The fraction of sp³-hybridized carbons (Fsp3) is 0.273. The summed E-state index contributed by atoms with van der Waals surface area (Å²) in [5.41, 5.74) is 6.51. The van der Waals surface area contributed by atoms with Crippen molar-refractivity contribution >= 4 is 17.0 Å². The second kappa shape index (κ2) is 4.32. The number of carbonyl (C=O) groups excluding carboxylic acids is 1. The highest BCUT2D eigenvalue weighted by Crippen LogP contribution is 2.12. The van der Waals surface area contributed by atoms with Gasteiger partial charge in [-0.15, -0.1) is 0 Å². The first-order chi connectivity index (χ1) is 7.72. The Kier molecular flexibility index (Phi) is 2.87. The van der Waals surface area contributed by atoms with E-state index in [2.05, 4.69) is 9.72 Å². The van der Waals surface area contributed by atoms with Crippen LogP contribution in [0.5, 0.6) is 0 Å². The number of ether oxygens (including phenoxy) is 1. The number of nitrogens with two attached hydrogens (primary N) is 1. The molecule has 0 aliphatic heterocycles. The van der Waals surface area contributed by atoms with E-state index in [9.17, 15) is 4.79 Å². The summed E-state index contributed by atoms with van der Waals surface area (Å²) in [5.74, 6) is -0.419. The lowest BCUT2D eigenvalue weighted by Crippen LogP contribution is -2.35. The van der Waals surface area contributed by atoms with E-state index in [1.54, 1.807) is 6.20 Å². The molecule has 5 heteroatoms. The minimum Gasteiger partial charge on any atom is -0.468 e. The van der Waals surface area contributed by atoms with Crippen LogP contribution >= 0.6 is 0 Å². The molecule has 2 N–H and O–H groups in total. The molecule has 16 heavy (non-hydrogen) atoms. The molecule has 0 aliphatic carbocycles. The smallest absolute Gasteiger partial charge is 0.324 e. The van der Waals surface area contributed by atoms with E-state index in [4.69, 9.17) is 5.73 Å². The topological polar surface area (TPSA) is 70.1 Å². The van der Waals surface area contributed by atoms with Crippen LogP contribution in [0, 0.1) is 0 Å². The lowest BCUT2D eigenvalue weighted by Gasteiger charge is -2.10. The number of hydrogen-bond acceptors (Lipinski definition) is 4. The lowest BCUT2D eigenvalue weighted by atomic mass is 10.3. The van der Waals surface area contributed by atoms with Gasteiger partial charge in [-0.25, -0.2) is 4.98 Å². The Morgan fingerprint density at radius 1 is 1.62 bits per heavy atom. The number of nitrogens with zero attached hydrogens (tertiary/aromatic N) is 2. The van der Waals surface area contributed by atoms with Crippen molar-refractivity contribution in [2.24, 2.45) is 5.73 Å². The van der Waals surface area contributed by atoms with Gasteiger partial charge in [0.15, 0.2) is 0 Å². The van der Waals surface area contributed by atoms with Crippen molar-refractivity contribution in [2.75, 3.05) is 7.11 Å². The molecular formula is C11H13N3O2. The molecular weight excluding hydrogens is 206 g/mol. The summed E-state index contributed by atoms with van der Waals surface area (Å²) in [4.78, 5) is 15.4. The standard InChI is InChI=1S/C11H13N3O2/c1-16-11(15)9(12)7-14-6-4-8-3-2-5-13-10(8)14/h2-6,9H,7,12H2,1H3/t9-/m0/s1. The molecule has 0 amide bonds. The fourth-order valence-electron chi connectivity index (χ4n) is 1.61. The van der Waals surface area contributed by atoms with Gasteiger partial charge in [0.05, 0.1) is 7.11 Å². The SMILES string of the molecule is COC(=O)[C@@H](N)Cn1ccc2cccnc21. The molecule has 2 heterocycles. The summed E-state index contributed by atoms with van der Waals surface area (Å²) >= 11 is 0. The summed E-state index contributed by atoms with van der Waals surface area (Å²) in [5, 5.41) is 1.03. The number of fused-ring (bicyclic) bond motifs is 1. The quantitative estimate of drug-likeness (QED) is 0.765. The van der Waals surface area contributed by atoms with Gasteiger partial charge in [-0.3, -0.25) is 4.79 Å². The molecule has 0 aromatic carbocycles. The summed E-state index contributed by atoms with van der Waals surface area (Å²) < 4.78 is 6.42. The normalized spacial score (nSPS) is 12.6. The van der Waals surface area contributed by atoms with Gasteiger partial charge in [-0.1, -0.05) is 0 Å². The Morgan fingerprint density at radius 2 is 2.44 bits per heavy atom. The first-order valence-electron chi connectivity index (χ1n) is 4.95. The van der Waals surface area contributed by atoms with Gasteiger partial charge < -0.3 is 15.0 Å². The molecule has 2 aromatic heterocycles. The molecule has 0 unspecified atom stereocenters. The molecule has 2 rings (SSSR count). The van der Waals surface area contributed by atoms with E-state index in [1.165, 1.54) is 7.11 Å². The van der Waals surface area contributed by atoms with Gasteiger partial charge in [-0.2, -0.15) is 0 Å². The molecule has 5 nitrogen and oxygen atoms in total. The van der Waals surface area contributed by atoms with E-state index in [-0.39, 0.29) is 0 Å². The van der Waals surface area contributed by atoms with E-state index in [0.717, 1.165) is 11.0 Å².